The molecule has 1 aromatic rings. The number of benzene rings is 1. The molecule has 0 spiro atoms. The number of nitrogens with one attached hydrogen (secondary N) is 1. The van der Waals surface area contributed by atoms with Crippen LogP contribution in [-0.2, 0) is 0 Å². The standard InChI is InChI=1S/C16H24N2S/c1-5-18-16(4,12-17)9-6-10-19-15-8-7-13(2)14(3)11-15/h7-8,11,18H,5-6,9-10H2,1-4H3. The maximum Gasteiger partial charge on any atom is 0.103 e. The molecule has 3 heteroatoms. The molecule has 0 bridgehead atoms. The zero-order valence-electron chi connectivity index (χ0n) is 12.4. The summed E-state index contributed by atoms with van der Waals surface area (Å²) >= 11 is 1.88. The third-order valence-electron chi connectivity index (χ3n) is 3.38. The molecule has 0 heterocycles. The number of rotatable bonds is 7. The van der Waals surface area contributed by atoms with E-state index in [1.165, 1.54) is 16.0 Å². The lowest BCUT2D eigenvalue weighted by atomic mass is 9.98. The Hall–Kier alpha value is -0.980. The molecule has 19 heavy (non-hydrogen) atoms. The molecule has 1 atom stereocenters. The van der Waals surface area contributed by atoms with Crippen LogP contribution in [0.3, 0.4) is 0 Å². The van der Waals surface area contributed by atoms with E-state index in [0.717, 1.165) is 25.1 Å². The van der Waals surface area contributed by atoms with Gasteiger partial charge in [-0.05, 0) is 69.2 Å². The number of nitrogens with zero attached hydrogens (tertiary/aromatic N) is 1. The molecule has 1 aromatic carbocycles. The zero-order chi connectivity index (χ0) is 14.3. The largest absolute Gasteiger partial charge is 0.300 e. The van der Waals surface area contributed by atoms with Crippen molar-refractivity contribution in [3.8, 4) is 6.07 Å². The Morgan fingerprint density at radius 2 is 2.05 bits per heavy atom. The summed E-state index contributed by atoms with van der Waals surface area (Å²) in [4.78, 5) is 1.32. The van der Waals surface area contributed by atoms with Crippen molar-refractivity contribution in [2.24, 2.45) is 0 Å². The number of nitriles is 1. The predicted octanol–water partition coefficient (Wildman–Crippen LogP) is 4.07. The quantitative estimate of drug-likeness (QED) is 0.602. The second-order valence-electron chi connectivity index (χ2n) is 5.17. The Kier molecular flexibility index (Phi) is 6.41. The van der Waals surface area contributed by atoms with Gasteiger partial charge in [0.05, 0.1) is 6.07 Å². The summed E-state index contributed by atoms with van der Waals surface area (Å²) in [6.07, 6.45) is 1.95. The van der Waals surface area contributed by atoms with Crippen LogP contribution in [0, 0.1) is 25.2 Å². The fourth-order valence-corrected chi connectivity index (χ4v) is 2.94. The Balaban J connectivity index is 2.38. The van der Waals surface area contributed by atoms with E-state index in [1.807, 2.05) is 25.6 Å². The van der Waals surface area contributed by atoms with Gasteiger partial charge in [0.1, 0.15) is 5.54 Å². The van der Waals surface area contributed by atoms with Crippen molar-refractivity contribution in [3.05, 3.63) is 29.3 Å². The summed E-state index contributed by atoms with van der Waals surface area (Å²) in [7, 11) is 0. The Morgan fingerprint density at radius 1 is 1.32 bits per heavy atom. The third kappa shape index (κ3) is 5.26. The van der Waals surface area contributed by atoms with E-state index in [2.05, 4.69) is 43.4 Å². The summed E-state index contributed by atoms with van der Waals surface area (Å²) in [6, 6.07) is 8.98. The van der Waals surface area contributed by atoms with Gasteiger partial charge in [0.25, 0.3) is 0 Å². The lowest BCUT2D eigenvalue weighted by molar-refractivity contribution is 0.426. The van der Waals surface area contributed by atoms with Crippen LogP contribution in [0.1, 0.15) is 37.8 Å². The van der Waals surface area contributed by atoms with Gasteiger partial charge in [-0.2, -0.15) is 5.26 Å². The minimum Gasteiger partial charge on any atom is -0.300 e. The highest BCUT2D eigenvalue weighted by molar-refractivity contribution is 7.99. The Bertz CT molecular complexity index is 451. The maximum absolute atomic E-state index is 9.18. The molecule has 0 amide bonds. The average molecular weight is 276 g/mol. The first-order valence-corrected chi connectivity index (χ1v) is 7.85. The van der Waals surface area contributed by atoms with E-state index in [4.69, 9.17) is 0 Å². The van der Waals surface area contributed by atoms with Gasteiger partial charge in [0, 0.05) is 4.90 Å². The van der Waals surface area contributed by atoms with Crippen LogP contribution < -0.4 is 5.32 Å². The molecule has 0 saturated carbocycles. The van der Waals surface area contributed by atoms with E-state index in [9.17, 15) is 5.26 Å². The number of hydrogen-bond acceptors (Lipinski definition) is 3. The zero-order valence-corrected chi connectivity index (χ0v) is 13.2. The average Bonchev–Trinajstić information content (AvgIpc) is 2.39. The van der Waals surface area contributed by atoms with Crippen LogP contribution in [0.5, 0.6) is 0 Å². The smallest absolute Gasteiger partial charge is 0.103 e. The summed E-state index contributed by atoms with van der Waals surface area (Å²) in [6.45, 7) is 9.15. The minimum atomic E-state index is -0.376. The van der Waals surface area contributed by atoms with Crippen LogP contribution in [0.4, 0.5) is 0 Å². The first kappa shape index (κ1) is 16.1. The molecule has 1 unspecified atom stereocenters. The first-order chi connectivity index (χ1) is 9.00. The minimum absolute atomic E-state index is 0.376. The molecule has 0 aliphatic heterocycles. The van der Waals surface area contributed by atoms with Gasteiger partial charge in [-0.25, -0.2) is 0 Å². The molecule has 104 valence electrons. The van der Waals surface area contributed by atoms with Crippen molar-refractivity contribution < 1.29 is 0 Å². The lowest BCUT2D eigenvalue weighted by Crippen LogP contribution is -2.40. The normalized spacial score (nSPS) is 13.8. The molecule has 0 saturated heterocycles. The molecule has 0 radical (unpaired) electrons. The van der Waals surface area contributed by atoms with Gasteiger partial charge in [0.15, 0.2) is 0 Å². The van der Waals surface area contributed by atoms with Crippen molar-refractivity contribution >= 4 is 11.8 Å². The van der Waals surface area contributed by atoms with Crippen molar-refractivity contribution in [2.45, 2.75) is 51.0 Å². The van der Waals surface area contributed by atoms with Gasteiger partial charge in [-0.3, -0.25) is 5.32 Å². The summed E-state index contributed by atoms with van der Waals surface area (Å²) in [5, 5.41) is 12.4. The number of thioether (sulfide) groups is 1. The van der Waals surface area contributed by atoms with Gasteiger partial charge >= 0.3 is 0 Å². The second kappa shape index (κ2) is 7.57. The summed E-state index contributed by atoms with van der Waals surface area (Å²) in [5.41, 5.74) is 2.31. The Labute approximate surface area is 121 Å². The fourth-order valence-electron chi connectivity index (χ4n) is 1.99. The first-order valence-electron chi connectivity index (χ1n) is 6.87. The van der Waals surface area contributed by atoms with Gasteiger partial charge in [-0.15, -0.1) is 11.8 Å². The van der Waals surface area contributed by atoms with Crippen molar-refractivity contribution in [3.63, 3.8) is 0 Å². The number of hydrogen-bond donors (Lipinski definition) is 1. The molecular weight excluding hydrogens is 252 g/mol. The lowest BCUT2D eigenvalue weighted by Gasteiger charge is -2.22. The summed E-state index contributed by atoms with van der Waals surface area (Å²) in [5.74, 6) is 1.06. The highest BCUT2D eigenvalue weighted by Gasteiger charge is 2.21. The fraction of sp³-hybridized carbons (Fsp3) is 0.562. The molecular formula is C16H24N2S. The van der Waals surface area contributed by atoms with Gasteiger partial charge in [-0.1, -0.05) is 13.0 Å². The highest BCUT2D eigenvalue weighted by Crippen LogP contribution is 2.23. The van der Waals surface area contributed by atoms with Crippen molar-refractivity contribution in [2.75, 3.05) is 12.3 Å². The van der Waals surface area contributed by atoms with Crippen LogP contribution in [-0.4, -0.2) is 17.8 Å². The van der Waals surface area contributed by atoms with Crippen molar-refractivity contribution in [1.82, 2.24) is 5.32 Å². The van der Waals surface area contributed by atoms with Crippen molar-refractivity contribution in [1.29, 1.82) is 5.26 Å². The highest BCUT2D eigenvalue weighted by atomic mass is 32.2. The van der Waals surface area contributed by atoms with E-state index in [0.29, 0.717) is 0 Å². The Morgan fingerprint density at radius 3 is 2.63 bits per heavy atom. The van der Waals surface area contributed by atoms with Crippen LogP contribution in [0.2, 0.25) is 0 Å². The van der Waals surface area contributed by atoms with Crippen LogP contribution >= 0.6 is 11.8 Å². The van der Waals surface area contributed by atoms with E-state index >= 15 is 0 Å². The van der Waals surface area contributed by atoms with Gasteiger partial charge in [0.2, 0.25) is 0 Å². The van der Waals surface area contributed by atoms with E-state index < -0.39 is 0 Å². The van der Waals surface area contributed by atoms with E-state index in [-0.39, 0.29) is 5.54 Å². The maximum atomic E-state index is 9.18. The summed E-state index contributed by atoms with van der Waals surface area (Å²) < 4.78 is 0. The second-order valence-corrected chi connectivity index (χ2v) is 6.34. The van der Waals surface area contributed by atoms with Crippen LogP contribution in [0.15, 0.2) is 23.1 Å². The van der Waals surface area contributed by atoms with Gasteiger partial charge < -0.3 is 0 Å². The SMILES string of the molecule is CCNC(C)(C#N)CCCSc1ccc(C)c(C)c1. The van der Waals surface area contributed by atoms with Crippen LogP contribution in [0.25, 0.3) is 0 Å². The molecule has 0 aromatic heterocycles. The molecule has 0 aliphatic rings. The molecule has 2 nitrogen and oxygen atoms in total. The monoisotopic (exact) mass is 276 g/mol. The van der Waals surface area contributed by atoms with E-state index in [1.54, 1.807) is 0 Å². The molecule has 1 N–H and O–H groups in total. The number of aryl methyl sites for hydroxylation is 2. The molecule has 0 aliphatic carbocycles. The topological polar surface area (TPSA) is 35.8 Å². The predicted molar refractivity (Wildman–Crippen MR) is 83.6 cm³/mol. The molecule has 1 rings (SSSR count). The third-order valence-corrected chi connectivity index (χ3v) is 4.46. The molecule has 0 fully saturated rings.